The first-order valence-corrected chi connectivity index (χ1v) is 4.12. The first kappa shape index (κ1) is 13.9. The van der Waals surface area contributed by atoms with E-state index >= 15 is 0 Å². The summed E-state index contributed by atoms with van der Waals surface area (Å²) >= 11 is 0. The lowest BCUT2D eigenvalue weighted by atomic mass is 10.2. The number of hydrogen-bond donors (Lipinski definition) is 2. The number of carboxylic acid groups (broad SMARTS) is 1. The Hall–Kier alpha value is -2.12. The number of rotatable bonds is 5. The summed E-state index contributed by atoms with van der Waals surface area (Å²) < 4.78 is 8.68. The van der Waals surface area contributed by atoms with E-state index in [-0.39, 0.29) is 0 Å². The van der Waals surface area contributed by atoms with E-state index in [0.29, 0.717) is 0 Å². The summed E-state index contributed by atoms with van der Waals surface area (Å²) in [5, 5.41) is 8.68. The van der Waals surface area contributed by atoms with Crippen LogP contribution in [0.4, 0.5) is 0 Å². The smallest absolute Gasteiger partial charge is 0.349 e. The highest BCUT2D eigenvalue weighted by Gasteiger charge is 2.37. The Balaban J connectivity index is 4.93. The molecule has 0 aliphatic rings. The molecule has 0 spiro atoms. The molecule has 0 aromatic rings. The van der Waals surface area contributed by atoms with Crippen LogP contribution in [0.2, 0.25) is 0 Å². The SMILES string of the molecule is CC(=O)O[C@H](C(=O)O)[C@@H](OC(C)=O)C(N)=O. The highest BCUT2D eigenvalue weighted by Crippen LogP contribution is 2.06. The third-order valence-electron chi connectivity index (χ3n) is 1.38. The molecule has 0 saturated carbocycles. The van der Waals surface area contributed by atoms with E-state index in [1.807, 2.05) is 0 Å². The summed E-state index contributed by atoms with van der Waals surface area (Å²) in [4.78, 5) is 42.7. The molecule has 3 N–H and O–H groups in total. The first-order valence-electron chi connectivity index (χ1n) is 4.12. The van der Waals surface area contributed by atoms with Crippen LogP contribution in [-0.2, 0) is 28.7 Å². The first-order chi connectivity index (χ1) is 7.25. The molecule has 0 aliphatic carbocycles. The van der Waals surface area contributed by atoms with Gasteiger partial charge < -0.3 is 20.3 Å². The average molecular weight is 233 g/mol. The largest absolute Gasteiger partial charge is 0.478 e. The van der Waals surface area contributed by atoms with Crippen molar-refractivity contribution in [2.75, 3.05) is 0 Å². The third-order valence-corrected chi connectivity index (χ3v) is 1.38. The van der Waals surface area contributed by atoms with Gasteiger partial charge in [-0.05, 0) is 0 Å². The van der Waals surface area contributed by atoms with Crippen LogP contribution >= 0.6 is 0 Å². The van der Waals surface area contributed by atoms with Gasteiger partial charge in [0.15, 0.2) is 0 Å². The van der Waals surface area contributed by atoms with Gasteiger partial charge in [0, 0.05) is 13.8 Å². The second-order valence-corrected chi connectivity index (χ2v) is 2.80. The van der Waals surface area contributed by atoms with Crippen LogP contribution in [0.3, 0.4) is 0 Å². The highest BCUT2D eigenvalue weighted by molar-refractivity contribution is 5.89. The summed E-state index contributed by atoms with van der Waals surface area (Å²) in [5.41, 5.74) is 4.83. The molecule has 0 aromatic heterocycles. The van der Waals surface area contributed by atoms with Gasteiger partial charge in [-0.25, -0.2) is 4.79 Å². The predicted molar refractivity (Wildman–Crippen MR) is 47.9 cm³/mol. The number of esters is 2. The fourth-order valence-corrected chi connectivity index (χ4v) is 0.868. The van der Waals surface area contributed by atoms with E-state index < -0.39 is 36.0 Å². The number of hydrogen-bond acceptors (Lipinski definition) is 6. The standard InChI is InChI=1S/C8H11NO7/c1-3(10)15-5(7(9)12)6(8(13)14)16-4(2)11/h5-6H,1-2H3,(H2,9,12)(H,13,14)/t5-,6+/m1/s1. The molecule has 8 nitrogen and oxygen atoms in total. The van der Waals surface area contributed by atoms with E-state index in [1.165, 1.54) is 0 Å². The van der Waals surface area contributed by atoms with Crippen molar-refractivity contribution in [1.82, 2.24) is 0 Å². The monoisotopic (exact) mass is 233 g/mol. The van der Waals surface area contributed by atoms with Crippen LogP contribution in [0.15, 0.2) is 0 Å². The van der Waals surface area contributed by atoms with E-state index in [9.17, 15) is 19.2 Å². The van der Waals surface area contributed by atoms with Crippen molar-refractivity contribution in [2.24, 2.45) is 5.73 Å². The number of amides is 1. The van der Waals surface area contributed by atoms with E-state index in [1.54, 1.807) is 0 Å². The van der Waals surface area contributed by atoms with Gasteiger partial charge in [-0.15, -0.1) is 0 Å². The molecule has 0 saturated heterocycles. The summed E-state index contributed by atoms with van der Waals surface area (Å²) in [6.07, 6.45) is -3.79. The zero-order valence-electron chi connectivity index (χ0n) is 8.63. The van der Waals surface area contributed by atoms with Gasteiger partial charge in [0.1, 0.15) is 0 Å². The normalized spacial score (nSPS) is 13.4. The number of carbonyl (C=O) groups excluding carboxylic acids is 3. The molecule has 0 radical (unpaired) electrons. The molecule has 0 unspecified atom stereocenters. The summed E-state index contributed by atoms with van der Waals surface area (Å²) in [6.45, 7) is 1.91. The maximum atomic E-state index is 10.9. The maximum Gasteiger partial charge on any atom is 0.349 e. The Morgan fingerprint density at radius 3 is 1.62 bits per heavy atom. The number of carboxylic acids is 1. The van der Waals surface area contributed by atoms with Crippen molar-refractivity contribution in [2.45, 2.75) is 26.1 Å². The second kappa shape index (κ2) is 5.69. The van der Waals surface area contributed by atoms with Gasteiger partial charge in [0.2, 0.25) is 12.2 Å². The Morgan fingerprint density at radius 2 is 1.38 bits per heavy atom. The van der Waals surface area contributed by atoms with Gasteiger partial charge in [0.05, 0.1) is 0 Å². The van der Waals surface area contributed by atoms with Crippen LogP contribution in [-0.4, -0.2) is 41.1 Å². The number of nitrogens with two attached hydrogens (primary N) is 1. The number of carbonyl (C=O) groups is 4. The van der Waals surface area contributed by atoms with Gasteiger partial charge in [0.25, 0.3) is 5.91 Å². The molecule has 0 bridgehead atoms. The number of aliphatic carboxylic acids is 1. The molecule has 1 amide bonds. The van der Waals surface area contributed by atoms with Gasteiger partial charge >= 0.3 is 17.9 Å². The molecule has 0 aliphatic heterocycles. The lowest BCUT2D eigenvalue weighted by molar-refractivity contribution is -0.180. The van der Waals surface area contributed by atoms with Crippen LogP contribution in [0.25, 0.3) is 0 Å². The van der Waals surface area contributed by atoms with Crippen LogP contribution in [0.5, 0.6) is 0 Å². The van der Waals surface area contributed by atoms with E-state index in [4.69, 9.17) is 10.8 Å². The molecular formula is C8H11NO7. The summed E-state index contributed by atoms with van der Waals surface area (Å²) in [7, 11) is 0. The average Bonchev–Trinajstić information content (AvgIpc) is 2.09. The molecule has 0 rings (SSSR count). The molecule has 2 atom stereocenters. The minimum atomic E-state index is -1.95. The van der Waals surface area contributed by atoms with E-state index in [2.05, 4.69) is 9.47 Å². The molecule has 90 valence electrons. The Morgan fingerprint density at radius 1 is 1.00 bits per heavy atom. The van der Waals surface area contributed by atoms with Crippen molar-refractivity contribution < 1.29 is 33.8 Å². The number of primary amides is 1. The zero-order chi connectivity index (χ0) is 12.9. The third kappa shape index (κ3) is 4.40. The van der Waals surface area contributed by atoms with Crippen molar-refractivity contribution in [3.63, 3.8) is 0 Å². The quantitative estimate of drug-likeness (QED) is 0.547. The van der Waals surface area contributed by atoms with Crippen LogP contribution in [0.1, 0.15) is 13.8 Å². The molecule has 0 fully saturated rings. The Bertz CT molecular complexity index is 292. The van der Waals surface area contributed by atoms with Crippen molar-refractivity contribution in [1.29, 1.82) is 0 Å². The molecular weight excluding hydrogens is 222 g/mol. The molecule has 0 heterocycles. The molecule has 16 heavy (non-hydrogen) atoms. The van der Waals surface area contributed by atoms with Crippen LogP contribution < -0.4 is 5.73 Å². The second-order valence-electron chi connectivity index (χ2n) is 2.80. The minimum absolute atomic E-state index is 0.915. The predicted octanol–water partition coefficient (Wildman–Crippen LogP) is -1.58. The highest BCUT2D eigenvalue weighted by atomic mass is 16.6. The minimum Gasteiger partial charge on any atom is -0.478 e. The molecule has 8 heteroatoms. The molecule has 0 aromatic carbocycles. The summed E-state index contributed by atoms with van der Waals surface area (Å²) in [5.74, 6) is -4.71. The van der Waals surface area contributed by atoms with E-state index in [0.717, 1.165) is 13.8 Å². The summed E-state index contributed by atoms with van der Waals surface area (Å²) in [6, 6.07) is 0. The van der Waals surface area contributed by atoms with Crippen LogP contribution in [0, 0.1) is 0 Å². The number of ether oxygens (including phenoxy) is 2. The lowest BCUT2D eigenvalue weighted by Crippen LogP contribution is -2.48. The van der Waals surface area contributed by atoms with Crippen molar-refractivity contribution in [3.8, 4) is 0 Å². The topological polar surface area (TPSA) is 133 Å². The fourth-order valence-electron chi connectivity index (χ4n) is 0.868. The van der Waals surface area contributed by atoms with Gasteiger partial charge in [-0.1, -0.05) is 0 Å². The fraction of sp³-hybridized carbons (Fsp3) is 0.500. The zero-order valence-corrected chi connectivity index (χ0v) is 8.63. The Labute approximate surface area is 90.3 Å². The van der Waals surface area contributed by atoms with Crippen molar-refractivity contribution in [3.05, 3.63) is 0 Å². The maximum absolute atomic E-state index is 10.9. The van der Waals surface area contributed by atoms with Gasteiger partial charge in [-0.3, -0.25) is 14.4 Å². The lowest BCUT2D eigenvalue weighted by Gasteiger charge is -2.20. The Kier molecular flexibility index (Phi) is 4.93. The van der Waals surface area contributed by atoms with Crippen molar-refractivity contribution >= 4 is 23.8 Å². The van der Waals surface area contributed by atoms with Gasteiger partial charge in [-0.2, -0.15) is 0 Å².